The monoisotopic (exact) mass is 616 g/mol. The first-order chi connectivity index (χ1) is 20.9. The fourth-order valence-electron chi connectivity index (χ4n) is 7.30. The van der Waals surface area contributed by atoms with Gasteiger partial charge < -0.3 is 25.2 Å². The molecule has 3 fully saturated rings. The Morgan fingerprint density at radius 1 is 0.756 bits per heavy atom. The zero-order valence-electron chi connectivity index (χ0n) is 28.9. The van der Waals surface area contributed by atoms with Gasteiger partial charge in [-0.1, -0.05) is 106 Å². The summed E-state index contributed by atoms with van der Waals surface area (Å²) in [6, 6.07) is 0. The van der Waals surface area contributed by atoms with Crippen molar-refractivity contribution in [1.82, 2.24) is 0 Å². The van der Waals surface area contributed by atoms with E-state index in [9.17, 15) is 20.4 Å². The standard InChI is InChI=1S/C40H56O5/c1-29(16-12-17-31(3)20-21-35-36(4,5)24-33(42)26-38(35,8)44)14-10-11-15-30(2)18-13-19-32(28-41)22-23-40-37(6,7)25-34(43)27-39(40,9)45-40/h10-20,22-23,33-34,41-44H,24-28H2,1-9H3/b11-10+,16-12+,18-13+,23-22+,29-14+,30-15+,31-17+,32-19-/t21?,33-,34-,38+,39+,40-/m0/s1. The van der Waals surface area contributed by atoms with Crippen LogP contribution in [0.4, 0.5) is 0 Å². The van der Waals surface area contributed by atoms with Crippen molar-refractivity contribution < 1.29 is 25.2 Å². The third-order valence-corrected chi connectivity index (χ3v) is 9.48. The van der Waals surface area contributed by atoms with E-state index < -0.39 is 17.3 Å². The molecule has 3 aliphatic rings. The fourth-order valence-corrected chi connectivity index (χ4v) is 7.30. The largest absolute Gasteiger partial charge is 0.393 e. The molecule has 2 aliphatic carbocycles. The summed E-state index contributed by atoms with van der Waals surface area (Å²) in [6.07, 6.45) is 27.4. The average molecular weight is 617 g/mol. The van der Waals surface area contributed by atoms with Crippen LogP contribution in [0.2, 0.25) is 0 Å². The SMILES string of the molecule is C\C(C=C=C1C(C)(C)C[C@H](O)C[C@@]1(C)O)=C/C=C/C(C)=C/C=C/C=C(C)/C=C/C=C(/C=C/[C@@]12O[C@]1(C)C[C@@H](O)CC2(C)C)CO. The number of ether oxygens (including phenoxy) is 1. The van der Waals surface area contributed by atoms with Crippen LogP contribution in [0.3, 0.4) is 0 Å². The lowest BCUT2D eigenvalue weighted by Crippen LogP contribution is -2.46. The molecule has 1 saturated heterocycles. The molecule has 1 heterocycles. The molecule has 0 unspecified atom stereocenters. The Morgan fingerprint density at radius 3 is 1.87 bits per heavy atom. The van der Waals surface area contributed by atoms with Crippen LogP contribution >= 0.6 is 0 Å². The summed E-state index contributed by atoms with van der Waals surface area (Å²) in [7, 11) is 0. The quantitative estimate of drug-likeness (QED) is 0.115. The third kappa shape index (κ3) is 9.16. The highest BCUT2D eigenvalue weighted by atomic mass is 16.6. The van der Waals surface area contributed by atoms with Crippen molar-refractivity contribution in [2.45, 2.75) is 117 Å². The summed E-state index contributed by atoms with van der Waals surface area (Å²) < 4.78 is 6.20. The minimum absolute atomic E-state index is 0.0645. The summed E-state index contributed by atoms with van der Waals surface area (Å²) in [5, 5.41) is 41.1. The molecule has 0 radical (unpaired) electrons. The van der Waals surface area contributed by atoms with Crippen molar-refractivity contribution in [2.24, 2.45) is 10.8 Å². The van der Waals surface area contributed by atoms with Crippen LogP contribution in [-0.4, -0.2) is 56.0 Å². The van der Waals surface area contributed by atoms with E-state index in [-0.39, 0.29) is 29.1 Å². The number of aliphatic hydroxyl groups excluding tert-OH is 3. The normalized spacial score (nSPS) is 34.2. The Hall–Kier alpha value is -2.76. The summed E-state index contributed by atoms with van der Waals surface area (Å²) in [5.41, 5.74) is 5.84. The molecule has 0 aromatic heterocycles. The van der Waals surface area contributed by atoms with E-state index in [1.807, 2.05) is 108 Å². The predicted molar refractivity (Wildman–Crippen MR) is 185 cm³/mol. The number of rotatable bonds is 10. The van der Waals surface area contributed by atoms with Crippen molar-refractivity contribution in [2.75, 3.05) is 6.61 Å². The van der Waals surface area contributed by atoms with Crippen LogP contribution in [-0.2, 0) is 4.74 Å². The number of hydrogen-bond acceptors (Lipinski definition) is 5. The van der Waals surface area contributed by atoms with Gasteiger partial charge in [0, 0.05) is 23.8 Å². The second-order valence-corrected chi connectivity index (χ2v) is 15.0. The maximum Gasteiger partial charge on any atom is 0.121 e. The molecular formula is C40H56O5. The Balaban J connectivity index is 1.56. The highest BCUT2D eigenvalue weighted by Gasteiger charge is 2.74. The van der Waals surface area contributed by atoms with Gasteiger partial charge in [-0.3, -0.25) is 0 Å². The van der Waals surface area contributed by atoms with Gasteiger partial charge in [0.2, 0.25) is 0 Å². The first kappa shape index (κ1) is 36.7. The minimum atomic E-state index is -1.06. The molecular weight excluding hydrogens is 560 g/mol. The smallest absolute Gasteiger partial charge is 0.121 e. The molecule has 5 heteroatoms. The van der Waals surface area contributed by atoms with Gasteiger partial charge in [0.05, 0.1) is 24.4 Å². The van der Waals surface area contributed by atoms with E-state index in [4.69, 9.17) is 4.74 Å². The molecule has 2 saturated carbocycles. The fraction of sp³-hybridized carbons (Fsp3) is 0.525. The van der Waals surface area contributed by atoms with Gasteiger partial charge in [0.25, 0.3) is 0 Å². The molecule has 5 nitrogen and oxygen atoms in total. The lowest BCUT2D eigenvalue weighted by molar-refractivity contribution is -0.0268. The van der Waals surface area contributed by atoms with Crippen molar-refractivity contribution >= 4 is 0 Å². The first-order valence-corrected chi connectivity index (χ1v) is 16.2. The first-order valence-electron chi connectivity index (χ1n) is 16.2. The third-order valence-electron chi connectivity index (χ3n) is 9.48. The van der Waals surface area contributed by atoms with E-state index >= 15 is 0 Å². The predicted octanol–water partition coefficient (Wildman–Crippen LogP) is 7.69. The number of allylic oxidation sites excluding steroid dienone is 13. The molecule has 45 heavy (non-hydrogen) atoms. The average Bonchev–Trinajstić information content (AvgIpc) is 3.52. The Kier molecular flexibility index (Phi) is 11.7. The molecule has 4 N–H and O–H groups in total. The van der Waals surface area contributed by atoms with Crippen molar-refractivity contribution in [3.63, 3.8) is 0 Å². The zero-order chi connectivity index (χ0) is 33.7. The van der Waals surface area contributed by atoms with E-state index in [2.05, 4.69) is 32.6 Å². The van der Waals surface area contributed by atoms with E-state index in [0.29, 0.717) is 25.7 Å². The van der Waals surface area contributed by atoms with E-state index in [1.165, 1.54) is 0 Å². The van der Waals surface area contributed by atoms with Crippen molar-refractivity contribution in [1.29, 1.82) is 0 Å². The van der Waals surface area contributed by atoms with Gasteiger partial charge in [-0.05, 0) is 76.2 Å². The molecule has 5 atom stereocenters. The van der Waals surface area contributed by atoms with Crippen LogP contribution in [0.1, 0.15) is 88.0 Å². The Morgan fingerprint density at radius 2 is 1.31 bits per heavy atom. The zero-order valence-corrected chi connectivity index (χ0v) is 28.9. The van der Waals surface area contributed by atoms with Gasteiger partial charge in [-0.25, -0.2) is 0 Å². The highest BCUT2D eigenvalue weighted by molar-refractivity contribution is 5.38. The molecule has 0 amide bonds. The summed E-state index contributed by atoms with van der Waals surface area (Å²) >= 11 is 0. The molecule has 1 aliphatic heterocycles. The van der Waals surface area contributed by atoms with Gasteiger partial charge in [-0.2, -0.15) is 0 Å². The Bertz CT molecular complexity index is 1380. The lowest BCUT2D eigenvalue weighted by Gasteiger charge is -2.43. The van der Waals surface area contributed by atoms with Gasteiger partial charge in [0.1, 0.15) is 11.2 Å². The van der Waals surface area contributed by atoms with Crippen molar-refractivity contribution in [3.8, 4) is 0 Å². The van der Waals surface area contributed by atoms with Gasteiger partial charge >= 0.3 is 0 Å². The van der Waals surface area contributed by atoms with Crippen molar-refractivity contribution in [3.05, 3.63) is 113 Å². The van der Waals surface area contributed by atoms with Gasteiger partial charge in [-0.15, -0.1) is 5.73 Å². The second-order valence-electron chi connectivity index (χ2n) is 15.0. The lowest BCUT2D eigenvalue weighted by atomic mass is 9.63. The maximum absolute atomic E-state index is 10.9. The highest BCUT2D eigenvalue weighted by Crippen LogP contribution is 2.66. The van der Waals surface area contributed by atoms with Crippen LogP contribution in [0, 0.1) is 10.8 Å². The maximum atomic E-state index is 10.9. The number of fused-ring (bicyclic) bond motifs is 1. The molecule has 0 bridgehead atoms. The molecule has 246 valence electrons. The van der Waals surface area contributed by atoms with Crippen LogP contribution < -0.4 is 0 Å². The molecule has 0 aromatic rings. The number of aliphatic hydroxyl groups is 4. The van der Waals surface area contributed by atoms with Gasteiger partial charge in [0.15, 0.2) is 0 Å². The van der Waals surface area contributed by atoms with E-state index in [0.717, 1.165) is 27.9 Å². The molecule has 0 spiro atoms. The molecule has 0 aromatic carbocycles. The van der Waals surface area contributed by atoms with E-state index in [1.54, 1.807) is 6.92 Å². The number of hydrogen-bond donors (Lipinski definition) is 4. The minimum Gasteiger partial charge on any atom is -0.393 e. The Labute approximate surface area is 271 Å². The molecule has 3 rings (SSSR count). The summed E-state index contributed by atoms with van der Waals surface area (Å²) in [6.45, 7) is 18.2. The second kappa shape index (κ2) is 14.3. The number of epoxide rings is 1. The summed E-state index contributed by atoms with van der Waals surface area (Å²) in [4.78, 5) is 0. The van der Waals surface area contributed by atoms with Crippen LogP contribution in [0.5, 0.6) is 0 Å². The van der Waals surface area contributed by atoms with Crippen LogP contribution in [0.15, 0.2) is 113 Å². The topological polar surface area (TPSA) is 93.5 Å². The van der Waals surface area contributed by atoms with Crippen LogP contribution in [0.25, 0.3) is 0 Å². The summed E-state index contributed by atoms with van der Waals surface area (Å²) in [5.74, 6) is 0.